The Bertz CT molecular complexity index is 484. The second-order valence-corrected chi connectivity index (χ2v) is 5.99. The van der Waals surface area contributed by atoms with Crippen LogP contribution in [0.2, 0.25) is 0 Å². The molecule has 3 nitrogen and oxygen atoms in total. The van der Waals surface area contributed by atoms with Crippen LogP contribution in [-0.4, -0.2) is 40.9 Å². The highest BCUT2D eigenvalue weighted by Gasteiger charge is 2.29. The first kappa shape index (κ1) is 15.3. The van der Waals surface area contributed by atoms with Crippen molar-refractivity contribution < 1.29 is 18.7 Å². The number of β-amino-alcohol motifs (C(OH)–C–C–N with tert-alkyl or cyclic N) is 1. The van der Waals surface area contributed by atoms with Crippen molar-refractivity contribution >= 4 is 17.7 Å². The predicted octanol–water partition coefficient (Wildman–Crippen LogP) is 2.84. The van der Waals surface area contributed by atoms with Crippen LogP contribution in [0, 0.1) is 5.92 Å². The van der Waals surface area contributed by atoms with Gasteiger partial charge in [0.2, 0.25) is 0 Å². The standard InChI is InChI=1S/C14H17F2NO2S/c1-9-6-7-17(8-11(9)18)13(19)10-4-2-3-5-12(10)20-14(15)16/h2-5,9,11,14,18H,6-8H2,1H3. The minimum Gasteiger partial charge on any atom is -0.391 e. The van der Waals surface area contributed by atoms with Crippen molar-refractivity contribution in [3.63, 3.8) is 0 Å². The number of benzene rings is 1. The molecule has 0 saturated carbocycles. The van der Waals surface area contributed by atoms with Crippen molar-refractivity contribution in [2.45, 2.75) is 30.1 Å². The molecule has 0 aliphatic carbocycles. The number of alkyl halides is 2. The van der Waals surface area contributed by atoms with Gasteiger partial charge in [-0.15, -0.1) is 0 Å². The summed E-state index contributed by atoms with van der Waals surface area (Å²) in [5.74, 6) is -2.69. The second-order valence-electron chi connectivity index (χ2n) is 4.96. The van der Waals surface area contributed by atoms with Gasteiger partial charge in [0, 0.05) is 18.0 Å². The molecular formula is C14H17F2NO2S. The molecule has 0 spiro atoms. The molecule has 1 heterocycles. The van der Waals surface area contributed by atoms with Gasteiger partial charge in [-0.05, 0) is 24.5 Å². The molecule has 1 amide bonds. The van der Waals surface area contributed by atoms with Crippen LogP contribution in [-0.2, 0) is 0 Å². The monoisotopic (exact) mass is 301 g/mol. The Hall–Kier alpha value is -1.14. The maximum atomic E-state index is 12.5. The van der Waals surface area contributed by atoms with Gasteiger partial charge in [-0.3, -0.25) is 4.79 Å². The van der Waals surface area contributed by atoms with Crippen molar-refractivity contribution in [1.29, 1.82) is 0 Å². The summed E-state index contributed by atoms with van der Waals surface area (Å²) >= 11 is 0.375. The largest absolute Gasteiger partial charge is 0.391 e. The van der Waals surface area contributed by atoms with Crippen LogP contribution in [0.5, 0.6) is 0 Å². The van der Waals surface area contributed by atoms with E-state index in [0.29, 0.717) is 18.3 Å². The lowest BCUT2D eigenvalue weighted by molar-refractivity contribution is 0.0246. The fourth-order valence-corrected chi connectivity index (χ4v) is 2.88. The van der Waals surface area contributed by atoms with Gasteiger partial charge < -0.3 is 10.0 Å². The Balaban J connectivity index is 2.17. The number of amides is 1. The number of aliphatic hydroxyl groups excluding tert-OH is 1. The third-order valence-electron chi connectivity index (χ3n) is 3.54. The Kier molecular flexibility index (Phi) is 4.99. The summed E-state index contributed by atoms with van der Waals surface area (Å²) < 4.78 is 25.0. The number of aliphatic hydroxyl groups is 1. The number of piperidine rings is 1. The van der Waals surface area contributed by atoms with Crippen LogP contribution >= 0.6 is 11.8 Å². The molecule has 1 N–H and O–H groups in total. The molecule has 0 aromatic heterocycles. The van der Waals surface area contributed by atoms with Gasteiger partial charge in [0.1, 0.15) is 0 Å². The smallest absolute Gasteiger partial charge is 0.288 e. The molecular weight excluding hydrogens is 284 g/mol. The molecule has 1 aliphatic rings. The number of rotatable bonds is 3. The van der Waals surface area contributed by atoms with E-state index in [1.165, 1.54) is 11.0 Å². The minimum atomic E-state index is -2.56. The van der Waals surface area contributed by atoms with E-state index in [1.807, 2.05) is 6.92 Å². The van der Waals surface area contributed by atoms with Crippen LogP contribution in [0.4, 0.5) is 8.78 Å². The molecule has 2 atom stereocenters. The van der Waals surface area contributed by atoms with E-state index in [2.05, 4.69) is 0 Å². The topological polar surface area (TPSA) is 40.5 Å². The normalized spacial score (nSPS) is 23.1. The summed E-state index contributed by atoms with van der Waals surface area (Å²) in [6.07, 6.45) is 0.166. The zero-order valence-electron chi connectivity index (χ0n) is 11.1. The Morgan fingerprint density at radius 3 is 2.80 bits per heavy atom. The number of carbonyl (C=O) groups excluding carboxylic acids is 1. The zero-order chi connectivity index (χ0) is 14.7. The number of carbonyl (C=O) groups is 1. The fourth-order valence-electron chi connectivity index (χ4n) is 2.25. The van der Waals surface area contributed by atoms with Crippen LogP contribution < -0.4 is 0 Å². The molecule has 1 aromatic rings. The average molecular weight is 301 g/mol. The summed E-state index contributed by atoms with van der Waals surface area (Å²) in [5.41, 5.74) is 0.277. The Morgan fingerprint density at radius 1 is 1.45 bits per heavy atom. The number of hydrogen-bond acceptors (Lipinski definition) is 3. The van der Waals surface area contributed by atoms with E-state index in [1.54, 1.807) is 18.2 Å². The highest BCUT2D eigenvalue weighted by Crippen LogP contribution is 2.30. The SMILES string of the molecule is CC1CCN(C(=O)c2ccccc2SC(F)F)CC1O. The molecule has 110 valence electrons. The summed E-state index contributed by atoms with van der Waals surface area (Å²) in [4.78, 5) is 14.2. The third-order valence-corrected chi connectivity index (χ3v) is 4.33. The minimum absolute atomic E-state index is 0.157. The first-order valence-electron chi connectivity index (χ1n) is 6.50. The van der Waals surface area contributed by atoms with Gasteiger partial charge in [-0.2, -0.15) is 8.78 Å². The van der Waals surface area contributed by atoms with Crippen molar-refractivity contribution in [1.82, 2.24) is 4.90 Å². The van der Waals surface area contributed by atoms with Gasteiger partial charge in [0.05, 0.1) is 11.7 Å². The van der Waals surface area contributed by atoms with E-state index in [9.17, 15) is 18.7 Å². The number of halogens is 2. The predicted molar refractivity (Wildman–Crippen MR) is 74.0 cm³/mol. The number of likely N-dealkylation sites (tertiary alicyclic amines) is 1. The van der Waals surface area contributed by atoms with Crippen molar-refractivity contribution in [2.24, 2.45) is 5.92 Å². The van der Waals surface area contributed by atoms with E-state index >= 15 is 0 Å². The number of thioether (sulfide) groups is 1. The molecule has 1 aromatic carbocycles. The molecule has 2 unspecified atom stereocenters. The van der Waals surface area contributed by atoms with E-state index in [-0.39, 0.29) is 28.8 Å². The quantitative estimate of drug-likeness (QED) is 0.873. The summed E-state index contributed by atoms with van der Waals surface area (Å²) in [5, 5.41) is 9.84. The molecule has 6 heteroatoms. The molecule has 0 radical (unpaired) electrons. The van der Waals surface area contributed by atoms with Gasteiger partial charge in [-0.25, -0.2) is 0 Å². The van der Waals surface area contributed by atoms with Crippen LogP contribution in [0.15, 0.2) is 29.2 Å². The van der Waals surface area contributed by atoms with Crippen LogP contribution in [0.3, 0.4) is 0 Å². The van der Waals surface area contributed by atoms with Gasteiger partial charge >= 0.3 is 0 Å². The first-order valence-corrected chi connectivity index (χ1v) is 7.38. The lowest BCUT2D eigenvalue weighted by Gasteiger charge is -2.34. The van der Waals surface area contributed by atoms with Gasteiger partial charge in [0.15, 0.2) is 0 Å². The summed E-state index contributed by atoms with van der Waals surface area (Å²) in [6.45, 7) is 2.74. The lowest BCUT2D eigenvalue weighted by Crippen LogP contribution is -2.45. The second kappa shape index (κ2) is 6.54. The van der Waals surface area contributed by atoms with E-state index in [4.69, 9.17) is 0 Å². The fraction of sp³-hybridized carbons (Fsp3) is 0.500. The Morgan fingerprint density at radius 2 is 2.15 bits per heavy atom. The zero-order valence-corrected chi connectivity index (χ0v) is 11.9. The number of nitrogens with zero attached hydrogens (tertiary/aromatic N) is 1. The summed E-state index contributed by atoms with van der Waals surface area (Å²) in [7, 11) is 0. The molecule has 0 bridgehead atoms. The lowest BCUT2D eigenvalue weighted by atomic mass is 9.95. The van der Waals surface area contributed by atoms with E-state index < -0.39 is 11.9 Å². The summed E-state index contributed by atoms with van der Waals surface area (Å²) in [6, 6.07) is 6.37. The highest BCUT2D eigenvalue weighted by atomic mass is 32.2. The molecule has 1 aliphatic heterocycles. The maximum absolute atomic E-state index is 12.5. The Labute approximate surface area is 121 Å². The molecule has 2 rings (SSSR count). The molecule has 1 fully saturated rings. The maximum Gasteiger partial charge on any atom is 0.288 e. The number of hydrogen-bond donors (Lipinski definition) is 1. The average Bonchev–Trinajstić information content (AvgIpc) is 2.41. The van der Waals surface area contributed by atoms with E-state index in [0.717, 1.165) is 6.42 Å². The van der Waals surface area contributed by atoms with Crippen LogP contribution in [0.25, 0.3) is 0 Å². The molecule has 1 saturated heterocycles. The van der Waals surface area contributed by atoms with Crippen molar-refractivity contribution in [3.05, 3.63) is 29.8 Å². The third kappa shape index (κ3) is 3.49. The first-order chi connectivity index (χ1) is 9.49. The van der Waals surface area contributed by atoms with Gasteiger partial charge in [0.25, 0.3) is 11.7 Å². The van der Waals surface area contributed by atoms with Gasteiger partial charge in [-0.1, -0.05) is 30.8 Å². The van der Waals surface area contributed by atoms with Crippen molar-refractivity contribution in [3.8, 4) is 0 Å². The molecule has 20 heavy (non-hydrogen) atoms. The van der Waals surface area contributed by atoms with Crippen LogP contribution in [0.1, 0.15) is 23.7 Å². The van der Waals surface area contributed by atoms with Crippen molar-refractivity contribution in [2.75, 3.05) is 13.1 Å². The highest BCUT2D eigenvalue weighted by molar-refractivity contribution is 7.99.